The van der Waals surface area contributed by atoms with E-state index in [-0.39, 0.29) is 5.91 Å². The Bertz CT molecular complexity index is 269. The zero-order chi connectivity index (χ0) is 12.1. The summed E-state index contributed by atoms with van der Waals surface area (Å²) < 4.78 is 0. The quantitative estimate of drug-likeness (QED) is 0.692. The van der Waals surface area contributed by atoms with Crippen LogP contribution in [-0.4, -0.2) is 60.9 Å². The van der Waals surface area contributed by atoms with E-state index < -0.39 is 0 Å². The highest BCUT2D eigenvalue weighted by Gasteiger charge is 2.20. The molecule has 2 amide bonds. The Labute approximate surface area is 102 Å². The summed E-state index contributed by atoms with van der Waals surface area (Å²) in [5.74, 6) is 0.136. The lowest BCUT2D eigenvalue weighted by Gasteiger charge is -2.32. The summed E-state index contributed by atoms with van der Waals surface area (Å²) in [6, 6.07) is 0.402. The summed E-state index contributed by atoms with van der Waals surface area (Å²) in [5.41, 5.74) is 0. The zero-order valence-corrected chi connectivity index (χ0v) is 10.2. The highest BCUT2D eigenvalue weighted by molar-refractivity contribution is 5.78. The zero-order valence-electron chi connectivity index (χ0n) is 10.2. The van der Waals surface area contributed by atoms with Gasteiger partial charge in [0.05, 0.1) is 6.54 Å². The first kappa shape index (κ1) is 12.4. The minimum Gasteiger partial charge on any atom is -0.352 e. The smallest absolute Gasteiger partial charge is 0.234 e. The molecule has 5 heteroatoms. The molecule has 1 saturated carbocycles. The van der Waals surface area contributed by atoms with Crippen LogP contribution in [0.2, 0.25) is 0 Å². The molecule has 17 heavy (non-hydrogen) atoms. The van der Waals surface area contributed by atoms with Crippen LogP contribution in [0.5, 0.6) is 0 Å². The molecule has 0 unspecified atom stereocenters. The molecule has 0 bridgehead atoms. The van der Waals surface area contributed by atoms with Crippen LogP contribution in [0.4, 0.5) is 0 Å². The van der Waals surface area contributed by atoms with Crippen LogP contribution in [0.15, 0.2) is 0 Å². The first-order valence-corrected chi connectivity index (χ1v) is 6.49. The van der Waals surface area contributed by atoms with E-state index >= 15 is 0 Å². The van der Waals surface area contributed by atoms with Gasteiger partial charge in [-0.25, -0.2) is 0 Å². The van der Waals surface area contributed by atoms with E-state index in [9.17, 15) is 9.59 Å². The summed E-state index contributed by atoms with van der Waals surface area (Å²) in [6.45, 7) is 3.55. The molecule has 0 atom stereocenters. The molecule has 0 aromatic heterocycles. The van der Waals surface area contributed by atoms with Crippen molar-refractivity contribution in [2.24, 2.45) is 0 Å². The molecule has 1 aliphatic carbocycles. The van der Waals surface area contributed by atoms with E-state index in [2.05, 4.69) is 10.2 Å². The molecule has 1 N–H and O–H groups in total. The van der Waals surface area contributed by atoms with Gasteiger partial charge in [0.25, 0.3) is 0 Å². The Morgan fingerprint density at radius 1 is 1.18 bits per heavy atom. The molecule has 1 heterocycles. The number of carbonyl (C=O) groups excluding carboxylic acids is 2. The van der Waals surface area contributed by atoms with Gasteiger partial charge in [0.1, 0.15) is 0 Å². The van der Waals surface area contributed by atoms with Crippen molar-refractivity contribution in [1.29, 1.82) is 0 Å². The molecule has 5 nitrogen and oxygen atoms in total. The maximum absolute atomic E-state index is 11.8. The van der Waals surface area contributed by atoms with E-state index in [4.69, 9.17) is 0 Å². The SMILES string of the molecule is O=CN1CCN(CC(=O)NC2CCCC2)CC1. The van der Waals surface area contributed by atoms with Crippen molar-refractivity contribution in [3.05, 3.63) is 0 Å². The van der Waals surface area contributed by atoms with E-state index in [1.165, 1.54) is 12.8 Å². The minimum atomic E-state index is 0.136. The van der Waals surface area contributed by atoms with Crippen molar-refractivity contribution < 1.29 is 9.59 Å². The second kappa shape index (κ2) is 6.00. The van der Waals surface area contributed by atoms with Crippen LogP contribution in [0.25, 0.3) is 0 Å². The van der Waals surface area contributed by atoms with Gasteiger partial charge in [-0.1, -0.05) is 12.8 Å². The molecule has 0 radical (unpaired) electrons. The lowest BCUT2D eigenvalue weighted by molar-refractivity contribution is -0.124. The van der Waals surface area contributed by atoms with Crippen molar-refractivity contribution in [2.75, 3.05) is 32.7 Å². The van der Waals surface area contributed by atoms with E-state index in [0.717, 1.165) is 45.4 Å². The highest BCUT2D eigenvalue weighted by Crippen LogP contribution is 2.17. The molecule has 2 fully saturated rings. The first-order valence-electron chi connectivity index (χ1n) is 6.49. The average molecular weight is 239 g/mol. The van der Waals surface area contributed by atoms with Gasteiger partial charge >= 0.3 is 0 Å². The standard InChI is InChI=1S/C12H21N3O2/c16-10-15-7-5-14(6-8-15)9-12(17)13-11-3-1-2-4-11/h10-11H,1-9H2,(H,13,17). The van der Waals surface area contributed by atoms with Gasteiger partial charge in [0.2, 0.25) is 12.3 Å². The number of carbonyl (C=O) groups is 2. The summed E-state index contributed by atoms with van der Waals surface area (Å²) in [7, 11) is 0. The van der Waals surface area contributed by atoms with Crippen LogP contribution in [0, 0.1) is 0 Å². The van der Waals surface area contributed by atoms with E-state index in [0.29, 0.717) is 12.6 Å². The predicted octanol–water partition coefficient (Wildman–Crippen LogP) is -0.181. The summed E-state index contributed by atoms with van der Waals surface area (Å²) >= 11 is 0. The van der Waals surface area contributed by atoms with Gasteiger partial charge in [0, 0.05) is 32.2 Å². The number of nitrogens with one attached hydrogen (secondary N) is 1. The van der Waals surface area contributed by atoms with Gasteiger partial charge in [0.15, 0.2) is 0 Å². The van der Waals surface area contributed by atoms with Gasteiger partial charge < -0.3 is 10.2 Å². The molecule has 96 valence electrons. The molecular weight excluding hydrogens is 218 g/mol. The average Bonchev–Trinajstić information content (AvgIpc) is 2.82. The van der Waals surface area contributed by atoms with Gasteiger partial charge in [-0.05, 0) is 12.8 Å². The first-order chi connectivity index (χ1) is 8.28. The van der Waals surface area contributed by atoms with Crippen molar-refractivity contribution in [1.82, 2.24) is 15.1 Å². The molecule has 2 rings (SSSR count). The summed E-state index contributed by atoms with van der Waals surface area (Å²) in [5, 5.41) is 3.09. The van der Waals surface area contributed by atoms with Crippen LogP contribution in [-0.2, 0) is 9.59 Å². The maximum Gasteiger partial charge on any atom is 0.234 e. The highest BCUT2D eigenvalue weighted by atomic mass is 16.2. The second-order valence-corrected chi connectivity index (χ2v) is 4.97. The Kier molecular flexibility index (Phi) is 4.36. The summed E-state index contributed by atoms with van der Waals surface area (Å²) in [4.78, 5) is 26.2. The third-order valence-electron chi connectivity index (χ3n) is 3.64. The Balaban J connectivity index is 1.66. The van der Waals surface area contributed by atoms with E-state index in [1.807, 2.05) is 0 Å². The number of rotatable bonds is 4. The molecule has 0 spiro atoms. The monoisotopic (exact) mass is 239 g/mol. The number of hydrogen-bond acceptors (Lipinski definition) is 3. The lowest BCUT2D eigenvalue weighted by Crippen LogP contribution is -2.49. The van der Waals surface area contributed by atoms with Crippen LogP contribution in [0.1, 0.15) is 25.7 Å². The maximum atomic E-state index is 11.8. The van der Waals surface area contributed by atoms with Crippen LogP contribution < -0.4 is 5.32 Å². The van der Waals surface area contributed by atoms with Gasteiger partial charge in [-0.3, -0.25) is 14.5 Å². The van der Waals surface area contributed by atoms with Crippen molar-refractivity contribution in [3.8, 4) is 0 Å². The molecule has 0 aromatic carbocycles. The Hall–Kier alpha value is -1.10. The Morgan fingerprint density at radius 2 is 1.82 bits per heavy atom. The van der Waals surface area contributed by atoms with Crippen molar-refractivity contribution in [3.63, 3.8) is 0 Å². The normalized spacial score (nSPS) is 22.7. The summed E-state index contributed by atoms with van der Waals surface area (Å²) in [6.07, 6.45) is 5.62. The van der Waals surface area contributed by atoms with Crippen molar-refractivity contribution >= 4 is 12.3 Å². The Morgan fingerprint density at radius 3 is 2.41 bits per heavy atom. The fraction of sp³-hybridized carbons (Fsp3) is 0.833. The topological polar surface area (TPSA) is 52.7 Å². The molecule has 0 aromatic rings. The van der Waals surface area contributed by atoms with Gasteiger partial charge in [-0.2, -0.15) is 0 Å². The number of hydrogen-bond donors (Lipinski definition) is 1. The lowest BCUT2D eigenvalue weighted by atomic mass is 10.2. The van der Waals surface area contributed by atoms with Crippen LogP contribution in [0.3, 0.4) is 0 Å². The minimum absolute atomic E-state index is 0.136. The third kappa shape index (κ3) is 3.70. The third-order valence-corrected chi connectivity index (χ3v) is 3.64. The molecular formula is C12H21N3O2. The van der Waals surface area contributed by atoms with E-state index in [1.54, 1.807) is 4.90 Å². The fourth-order valence-corrected chi connectivity index (χ4v) is 2.57. The predicted molar refractivity (Wildman–Crippen MR) is 64.5 cm³/mol. The fourth-order valence-electron chi connectivity index (χ4n) is 2.57. The molecule has 1 aliphatic heterocycles. The molecule has 2 aliphatic rings. The molecule has 1 saturated heterocycles. The van der Waals surface area contributed by atoms with Crippen LogP contribution >= 0.6 is 0 Å². The second-order valence-electron chi connectivity index (χ2n) is 4.97. The largest absolute Gasteiger partial charge is 0.352 e. The van der Waals surface area contributed by atoms with Crippen molar-refractivity contribution in [2.45, 2.75) is 31.7 Å². The van der Waals surface area contributed by atoms with Gasteiger partial charge in [-0.15, -0.1) is 0 Å². The number of amides is 2. The number of nitrogens with zero attached hydrogens (tertiary/aromatic N) is 2. The number of piperazine rings is 1.